The Morgan fingerprint density at radius 2 is 1.31 bits per heavy atom. The van der Waals surface area contributed by atoms with Crippen LogP contribution in [0.2, 0.25) is 0 Å². The van der Waals surface area contributed by atoms with Gasteiger partial charge in [0.1, 0.15) is 5.82 Å². The fourth-order valence-corrected chi connectivity index (χ4v) is 6.75. The maximum atomic E-state index is 4.89. The van der Waals surface area contributed by atoms with Gasteiger partial charge in [-0.1, -0.05) is 107 Å². The van der Waals surface area contributed by atoms with Gasteiger partial charge in [-0.3, -0.25) is 0 Å². The average Bonchev–Trinajstić information content (AvgIpc) is 3.76. The van der Waals surface area contributed by atoms with Gasteiger partial charge in [0.15, 0.2) is 0 Å². The van der Waals surface area contributed by atoms with Crippen molar-refractivity contribution in [3.63, 3.8) is 0 Å². The zero-order chi connectivity index (χ0) is 35.3. The van der Waals surface area contributed by atoms with Gasteiger partial charge in [0.05, 0.1) is 0 Å². The fourth-order valence-electron chi connectivity index (χ4n) is 6.75. The summed E-state index contributed by atoms with van der Waals surface area (Å²) in [6.45, 7) is 15.5. The number of para-hydroxylation sites is 2. The topological polar surface area (TPSA) is 27.5 Å². The van der Waals surface area contributed by atoms with E-state index in [0.29, 0.717) is 0 Å². The van der Waals surface area contributed by atoms with Crippen LogP contribution in [-0.2, 0) is 31.9 Å². The van der Waals surface area contributed by atoms with E-state index in [0.717, 1.165) is 50.7 Å². The van der Waals surface area contributed by atoms with Crippen LogP contribution in [0.25, 0.3) is 27.6 Å². The van der Waals surface area contributed by atoms with E-state index in [1.807, 2.05) is 12.3 Å². The van der Waals surface area contributed by atoms with Crippen molar-refractivity contribution in [2.24, 2.45) is 0 Å². The molecule has 1 aliphatic heterocycles. The molecule has 0 bridgehead atoms. The third-order valence-electron chi connectivity index (χ3n) is 9.62. The Balaban J connectivity index is 0.00000420. The zero-order valence-electron chi connectivity index (χ0n) is 30.4. The Hall–Kier alpha value is -5.12. The molecule has 8 rings (SSSR count). The molecule has 2 aromatic heterocycles. The van der Waals surface area contributed by atoms with E-state index in [2.05, 4.69) is 207 Å². The molecule has 0 aliphatic carbocycles. The second-order valence-corrected chi connectivity index (χ2v) is 15.2. The van der Waals surface area contributed by atoms with Gasteiger partial charge < -0.3 is 19.3 Å². The first kappa shape index (κ1) is 35.3. The average molecular weight is 860 g/mol. The maximum Gasteiger partial charge on any atom is 0.135 e. The minimum atomic E-state index is -0.00778. The molecule has 0 amide bonds. The smallest absolute Gasteiger partial charge is 0.135 e. The van der Waals surface area contributed by atoms with E-state index >= 15 is 0 Å². The van der Waals surface area contributed by atoms with Gasteiger partial charge in [-0.15, -0.1) is 48.1 Å². The van der Waals surface area contributed by atoms with Crippen molar-refractivity contribution in [1.29, 1.82) is 0 Å². The summed E-state index contributed by atoms with van der Waals surface area (Å²) in [4.78, 5) is 11.4. The minimum absolute atomic E-state index is 0. The molecule has 0 atom stereocenters. The predicted octanol–water partition coefficient (Wildman–Crippen LogP) is 11.8. The van der Waals surface area contributed by atoms with Crippen molar-refractivity contribution in [2.75, 3.05) is 14.7 Å². The van der Waals surface area contributed by atoms with E-state index in [1.165, 1.54) is 16.5 Å². The molecule has 52 heavy (non-hydrogen) atoms. The van der Waals surface area contributed by atoms with E-state index in [-0.39, 0.29) is 31.9 Å². The molecule has 0 spiro atoms. The van der Waals surface area contributed by atoms with Crippen molar-refractivity contribution in [2.45, 2.75) is 52.4 Å². The van der Waals surface area contributed by atoms with Gasteiger partial charge in [0, 0.05) is 44.2 Å². The van der Waals surface area contributed by atoms with Crippen LogP contribution in [0.5, 0.6) is 0 Å². The molecule has 6 heteroatoms. The summed E-state index contributed by atoms with van der Waals surface area (Å²) in [6.07, 6.45) is 6.09. The number of rotatable bonds is 6. The van der Waals surface area contributed by atoms with Crippen LogP contribution in [0.15, 0.2) is 140 Å². The predicted molar refractivity (Wildman–Crippen MR) is 213 cm³/mol. The second kappa shape index (κ2) is 13.8. The second-order valence-electron chi connectivity index (χ2n) is 15.2. The van der Waals surface area contributed by atoms with Crippen LogP contribution in [0.1, 0.15) is 52.7 Å². The van der Waals surface area contributed by atoms with Crippen LogP contribution in [0, 0.1) is 18.8 Å². The number of nitrogens with zero attached hydrogens (tertiary/aromatic N) is 5. The van der Waals surface area contributed by atoms with Crippen molar-refractivity contribution in [1.82, 2.24) is 9.55 Å². The summed E-state index contributed by atoms with van der Waals surface area (Å²) < 4.78 is 2.25. The molecule has 0 fully saturated rings. The fraction of sp³-hybridized carbons (Fsp3) is 0.174. The standard InChI is InChI=1S/C46H42N5.Pt/c1-45(2,3)33-19-21-35(22-20-33)48-27-28-49(32-48)37-15-12-16-38(30-37)50(36-13-8-7-9-14-36)39-23-24-41-40-17-10-11-18-42(40)51(43(41)31-39)44-29-34(25-26-47-44)46(4,5)6;/h7-29,32H,1-6H3;/q-3;. The molecule has 0 saturated carbocycles. The van der Waals surface area contributed by atoms with Crippen LogP contribution in [0.3, 0.4) is 0 Å². The molecule has 3 heterocycles. The molecule has 5 aromatic carbocycles. The van der Waals surface area contributed by atoms with Gasteiger partial charge in [-0.25, -0.2) is 4.98 Å². The first-order chi connectivity index (χ1) is 24.5. The van der Waals surface area contributed by atoms with Gasteiger partial charge in [0.25, 0.3) is 0 Å². The molecule has 264 valence electrons. The number of aromatic nitrogens is 2. The number of fused-ring (bicyclic) bond motifs is 3. The van der Waals surface area contributed by atoms with Gasteiger partial charge in [0.2, 0.25) is 0 Å². The first-order valence-corrected chi connectivity index (χ1v) is 17.6. The normalized spacial score (nSPS) is 13.2. The van der Waals surface area contributed by atoms with E-state index in [4.69, 9.17) is 4.98 Å². The molecular weight excluding hydrogens is 818 g/mol. The number of hydrogen-bond donors (Lipinski definition) is 0. The molecular formula is C46H42N5Pt-3. The minimum Gasteiger partial charge on any atom is -0.500 e. The van der Waals surface area contributed by atoms with E-state index < -0.39 is 0 Å². The number of anilines is 5. The maximum absolute atomic E-state index is 4.89. The quantitative estimate of drug-likeness (QED) is 0.156. The monoisotopic (exact) mass is 859 g/mol. The van der Waals surface area contributed by atoms with Crippen LogP contribution in [-0.4, -0.2) is 9.55 Å². The summed E-state index contributed by atoms with van der Waals surface area (Å²) in [5, 5.41) is 2.31. The van der Waals surface area contributed by atoms with Crippen molar-refractivity contribution < 1.29 is 21.1 Å². The van der Waals surface area contributed by atoms with Crippen LogP contribution >= 0.6 is 0 Å². The molecule has 0 unspecified atom stereocenters. The molecule has 0 saturated heterocycles. The summed E-state index contributed by atoms with van der Waals surface area (Å²) in [7, 11) is 0. The number of pyridine rings is 1. The van der Waals surface area contributed by atoms with Crippen LogP contribution < -0.4 is 14.7 Å². The molecule has 0 radical (unpaired) electrons. The molecule has 5 nitrogen and oxygen atoms in total. The van der Waals surface area contributed by atoms with E-state index in [9.17, 15) is 0 Å². The number of benzene rings is 5. The largest absolute Gasteiger partial charge is 0.500 e. The molecule has 1 aliphatic rings. The SMILES string of the molecule is CC(C)(C)c1ccc(N2C=CN(c3[c-]c(N(c4[c-]c5c(cc4)c4ccccc4n5-c4cc(C(C)(C)C)ccn4)c4ccccc4)ccc3)[CH-]2)cc1.[Pt]. The Bertz CT molecular complexity index is 2380. The Morgan fingerprint density at radius 3 is 2.06 bits per heavy atom. The van der Waals surface area contributed by atoms with Crippen molar-refractivity contribution in [3.05, 3.63) is 170 Å². The molecule has 7 aromatic rings. The Labute approximate surface area is 322 Å². The zero-order valence-corrected chi connectivity index (χ0v) is 32.7. The number of hydrogen-bond acceptors (Lipinski definition) is 4. The Kier molecular flexibility index (Phi) is 9.35. The van der Waals surface area contributed by atoms with Crippen molar-refractivity contribution in [3.8, 4) is 5.82 Å². The summed E-state index contributed by atoms with van der Waals surface area (Å²) in [6, 6.07) is 50.4. The first-order valence-electron chi connectivity index (χ1n) is 17.6. The van der Waals surface area contributed by atoms with E-state index in [1.54, 1.807) is 0 Å². The van der Waals surface area contributed by atoms with Gasteiger partial charge >= 0.3 is 0 Å². The third kappa shape index (κ3) is 6.66. The van der Waals surface area contributed by atoms with Gasteiger partial charge in [-0.05, 0) is 82.2 Å². The van der Waals surface area contributed by atoms with Crippen LogP contribution in [0.4, 0.5) is 28.4 Å². The Morgan fingerprint density at radius 1 is 0.615 bits per heavy atom. The third-order valence-corrected chi connectivity index (χ3v) is 9.62. The summed E-state index contributed by atoms with van der Waals surface area (Å²) in [5.41, 5.74) is 9.66. The van der Waals surface area contributed by atoms with Crippen molar-refractivity contribution >= 4 is 50.2 Å². The molecule has 0 N–H and O–H groups in total. The van der Waals surface area contributed by atoms with Gasteiger partial charge in [-0.2, -0.15) is 12.1 Å². The summed E-state index contributed by atoms with van der Waals surface area (Å²) >= 11 is 0. The summed E-state index contributed by atoms with van der Waals surface area (Å²) in [5.74, 6) is 0.885.